The highest BCUT2D eigenvalue weighted by Crippen LogP contribution is 2.05. The lowest BCUT2D eigenvalue weighted by Crippen LogP contribution is -2.25. The molecule has 0 bridgehead atoms. The summed E-state index contributed by atoms with van der Waals surface area (Å²) in [4.78, 5) is 13.3. The summed E-state index contributed by atoms with van der Waals surface area (Å²) in [6.45, 7) is 6.30. The molecule has 2 nitrogen and oxygen atoms in total. The second-order valence-corrected chi connectivity index (χ2v) is 4.24. The molecule has 0 heterocycles. The second kappa shape index (κ2) is 7.80. The van der Waals surface area contributed by atoms with Gasteiger partial charge in [0.25, 0.3) is 0 Å². The fourth-order valence-corrected chi connectivity index (χ4v) is 1.65. The van der Waals surface area contributed by atoms with E-state index in [9.17, 15) is 4.79 Å². The molecule has 2 heteroatoms. The number of nitrogens with zero attached hydrogens (tertiary/aromatic N) is 1. The van der Waals surface area contributed by atoms with E-state index in [0.29, 0.717) is 6.42 Å². The number of allylic oxidation sites excluding steroid dienone is 1. The van der Waals surface area contributed by atoms with Crippen molar-refractivity contribution in [1.82, 2.24) is 4.90 Å². The van der Waals surface area contributed by atoms with Gasteiger partial charge in [-0.3, -0.25) is 9.69 Å². The van der Waals surface area contributed by atoms with Gasteiger partial charge in [0, 0.05) is 26.1 Å². The van der Waals surface area contributed by atoms with Crippen molar-refractivity contribution >= 4 is 5.78 Å². The number of carbonyl (C=O) groups is 1. The molecule has 0 fully saturated rings. The van der Waals surface area contributed by atoms with Gasteiger partial charge < -0.3 is 0 Å². The molecule has 1 rings (SSSR count). The van der Waals surface area contributed by atoms with Crippen LogP contribution in [0.5, 0.6) is 0 Å². The van der Waals surface area contributed by atoms with Gasteiger partial charge in [-0.15, -0.1) is 0 Å². The Labute approximate surface area is 104 Å². The van der Waals surface area contributed by atoms with E-state index in [-0.39, 0.29) is 5.78 Å². The first kappa shape index (κ1) is 13.7. The molecule has 0 aliphatic carbocycles. The second-order valence-electron chi connectivity index (χ2n) is 4.24. The lowest BCUT2D eigenvalue weighted by atomic mass is 10.2. The molecular weight excluding hydrogens is 210 g/mol. The van der Waals surface area contributed by atoms with E-state index >= 15 is 0 Å². The SMILES string of the molecule is CC=CCN(CCC(C)=O)Cc1ccccc1. The van der Waals surface area contributed by atoms with E-state index in [1.807, 2.05) is 31.2 Å². The van der Waals surface area contributed by atoms with Crippen LogP contribution in [0.1, 0.15) is 25.8 Å². The Morgan fingerprint density at radius 2 is 2.00 bits per heavy atom. The monoisotopic (exact) mass is 231 g/mol. The maximum Gasteiger partial charge on any atom is 0.131 e. The molecule has 1 aromatic carbocycles. The zero-order valence-corrected chi connectivity index (χ0v) is 10.7. The van der Waals surface area contributed by atoms with Crippen molar-refractivity contribution in [3.8, 4) is 0 Å². The molecule has 0 saturated carbocycles. The van der Waals surface area contributed by atoms with E-state index in [2.05, 4.69) is 23.1 Å². The van der Waals surface area contributed by atoms with Gasteiger partial charge in [0.05, 0.1) is 0 Å². The molecule has 0 N–H and O–H groups in total. The van der Waals surface area contributed by atoms with E-state index in [4.69, 9.17) is 0 Å². The van der Waals surface area contributed by atoms with Crippen LogP contribution in [0.2, 0.25) is 0 Å². The molecule has 0 radical (unpaired) electrons. The zero-order valence-electron chi connectivity index (χ0n) is 10.7. The van der Waals surface area contributed by atoms with Crippen molar-refractivity contribution in [2.45, 2.75) is 26.8 Å². The van der Waals surface area contributed by atoms with Crippen molar-refractivity contribution in [2.24, 2.45) is 0 Å². The quantitative estimate of drug-likeness (QED) is 0.672. The Kier molecular flexibility index (Phi) is 6.26. The molecule has 0 aromatic heterocycles. The van der Waals surface area contributed by atoms with E-state index in [1.165, 1.54) is 5.56 Å². The topological polar surface area (TPSA) is 20.3 Å². The van der Waals surface area contributed by atoms with Gasteiger partial charge in [-0.05, 0) is 19.4 Å². The van der Waals surface area contributed by atoms with Crippen LogP contribution in [0.15, 0.2) is 42.5 Å². The van der Waals surface area contributed by atoms with Crippen molar-refractivity contribution in [3.63, 3.8) is 0 Å². The van der Waals surface area contributed by atoms with Gasteiger partial charge in [0.2, 0.25) is 0 Å². The summed E-state index contributed by atoms with van der Waals surface area (Å²) in [6, 6.07) is 10.4. The number of hydrogen-bond donors (Lipinski definition) is 0. The fraction of sp³-hybridized carbons (Fsp3) is 0.400. The summed E-state index contributed by atoms with van der Waals surface area (Å²) in [7, 11) is 0. The molecule has 0 amide bonds. The van der Waals surface area contributed by atoms with E-state index in [1.54, 1.807) is 6.92 Å². The highest BCUT2D eigenvalue weighted by molar-refractivity contribution is 5.75. The van der Waals surface area contributed by atoms with Gasteiger partial charge >= 0.3 is 0 Å². The Hall–Kier alpha value is -1.41. The van der Waals surface area contributed by atoms with Crippen molar-refractivity contribution in [3.05, 3.63) is 48.0 Å². The number of benzene rings is 1. The first-order valence-corrected chi connectivity index (χ1v) is 6.09. The minimum atomic E-state index is 0.253. The van der Waals surface area contributed by atoms with Crippen LogP contribution in [0.3, 0.4) is 0 Å². The molecule has 92 valence electrons. The van der Waals surface area contributed by atoms with Gasteiger partial charge in [-0.25, -0.2) is 0 Å². The van der Waals surface area contributed by atoms with Gasteiger partial charge in [-0.1, -0.05) is 42.5 Å². The van der Waals surface area contributed by atoms with E-state index < -0.39 is 0 Å². The highest BCUT2D eigenvalue weighted by atomic mass is 16.1. The smallest absolute Gasteiger partial charge is 0.131 e. The molecule has 1 aromatic rings. The number of carbonyl (C=O) groups excluding carboxylic acids is 1. The van der Waals surface area contributed by atoms with Crippen LogP contribution in [-0.2, 0) is 11.3 Å². The summed E-state index contributed by atoms with van der Waals surface area (Å²) >= 11 is 0. The molecule has 0 spiro atoms. The van der Waals surface area contributed by atoms with Crippen LogP contribution in [0.4, 0.5) is 0 Å². The van der Waals surface area contributed by atoms with Crippen molar-refractivity contribution in [2.75, 3.05) is 13.1 Å². The highest BCUT2D eigenvalue weighted by Gasteiger charge is 2.05. The van der Waals surface area contributed by atoms with Crippen LogP contribution in [0, 0.1) is 0 Å². The molecule has 0 saturated heterocycles. The first-order valence-electron chi connectivity index (χ1n) is 6.09. The summed E-state index contributed by atoms with van der Waals surface area (Å²) < 4.78 is 0. The van der Waals surface area contributed by atoms with E-state index in [0.717, 1.165) is 19.6 Å². The average molecular weight is 231 g/mol. The summed E-state index contributed by atoms with van der Waals surface area (Å²) in [6.07, 6.45) is 4.80. The number of rotatable bonds is 7. The molecule has 0 unspecified atom stereocenters. The van der Waals surface area contributed by atoms with Crippen molar-refractivity contribution < 1.29 is 4.79 Å². The third kappa shape index (κ3) is 6.03. The molecule has 0 aliphatic heterocycles. The standard InChI is InChI=1S/C15H21NO/c1-3-4-11-16(12-10-14(2)17)13-15-8-6-5-7-9-15/h3-9H,10-13H2,1-2H3. The minimum Gasteiger partial charge on any atom is -0.300 e. The third-order valence-corrected chi connectivity index (χ3v) is 2.63. The van der Waals surface area contributed by atoms with Gasteiger partial charge in [-0.2, -0.15) is 0 Å². The summed E-state index contributed by atoms with van der Waals surface area (Å²) in [5.41, 5.74) is 1.29. The summed E-state index contributed by atoms with van der Waals surface area (Å²) in [5.74, 6) is 0.253. The Balaban J connectivity index is 2.53. The Morgan fingerprint density at radius 3 is 2.59 bits per heavy atom. The molecule has 0 aliphatic rings. The minimum absolute atomic E-state index is 0.253. The predicted molar refractivity (Wildman–Crippen MR) is 71.8 cm³/mol. The number of hydrogen-bond acceptors (Lipinski definition) is 2. The van der Waals surface area contributed by atoms with Crippen LogP contribution >= 0.6 is 0 Å². The molecular formula is C15H21NO. The van der Waals surface area contributed by atoms with Crippen LogP contribution < -0.4 is 0 Å². The Bertz CT molecular complexity index is 356. The lowest BCUT2D eigenvalue weighted by Gasteiger charge is -2.20. The van der Waals surface area contributed by atoms with Gasteiger partial charge in [0.15, 0.2) is 0 Å². The lowest BCUT2D eigenvalue weighted by molar-refractivity contribution is -0.117. The largest absolute Gasteiger partial charge is 0.300 e. The Morgan fingerprint density at radius 1 is 1.29 bits per heavy atom. The maximum absolute atomic E-state index is 11.0. The first-order chi connectivity index (χ1) is 8.22. The normalized spacial score (nSPS) is 11.2. The fourth-order valence-electron chi connectivity index (χ4n) is 1.65. The summed E-state index contributed by atoms with van der Waals surface area (Å²) in [5, 5.41) is 0. The van der Waals surface area contributed by atoms with Crippen LogP contribution in [-0.4, -0.2) is 23.8 Å². The van der Waals surface area contributed by atoms with Gasteiger partial charge in [0.1, 0.15) is 5.78 Å². The van der Waals surface area contributed by atoms with Crippen molar-refractivity contribution in [1.29, 1.82) is 0 Å². The number of Topliss-reactive ketones (excluding diaryl/α,β-unsaturated/α-hetero) is 1. The molecule has 17 heavy (non-hydrogen) atoms. The van der Waals surface area contributed by atoms with Crippen LogP contribution in [0.25, 0.3) is 0 Å². The molecule has 0 atom stereocenters. The third-order valence-electron chi connectivity index (χ3n) is 2.63. The number of ketones is 1. The zero-order chi connectivity index (χ0) is 12.5. The maximum atomic E-state index is 11.0. The predicted octanol–water partition coefficient (Wildman–Crippen LogP) is 3.04. The average Bonchev–Trinajstić information content (AvgIpc) is 2.34.